The summed E-state index contributed by atoms with van der Waals surface area (Å²) in [5.41, 5.74) is 3.07. The molecular weight excluding hydrogens is 450 g/mol. The molecule has 9 heteroatoms. The van der Waals surface area contributed by atoms with Gasteiger partial charge in [-0.25, -0.2) is 4.79 Å². The molecule has 0 radical (unpaired) electrons. The molecule has 1 aliphatic heterocycles. The fourth-order valence-electron chi connectivity index (χ4n) is 4.75. The lowest BCUT2D eigenvalue weighted by Gasteiger charge is -2.33. The highest BCUT2D eigenvalue weighted by Gasteiger charge is 2.47. The van der Waals surface area contributed by atoms with Crippen LogP contribution in [0.3, 0.4) is 0 Å². The molecule has 4 rings (SSSR count). The van der Waals surface area contributed by atoms with Crippen LogP contribution in [0.15, 0.2) is 48.5 Å². The van der Waals surface area contributed by atoms with Gasteiger partial charge in [-0.15, -0.1) is 0 Å². The minimum absolute atomic E-state index is 0.0336. The Kier molecular flexibility index (Phi) is 7.37. The Hall–Kier alpha value is -3.43. The second-order valence-electron chi connectivity index (χ2n) is 9.26. The van der Waals surface area contributed by atoms with E-state index in [4.69, 9.17) is 9.47 Å². The van der Waals surface area contributed by atoms with Gasteiger partial charge in [0.15, 0.2) is 0 Å². The molecule has 2 amide bonds. The van der Waals surface area contributed by atoms with Crippen molar-refractivity contribution in [3.8, 4) is 11.1 Å². The van der Waals surface area contributed by atoms with Crippen LogP contribution in [0.4, 0.5) is 4.79 Å². The molecule has 0 saturated carbocycles. The summed E-state index contributed by atoms with van der Waals surface area (Å²) < 4.78 is 11.1. The zero-order valence-corrected chi connectivity index (χ0v) is 20.0. The predicted octanol–water partition coefficient (Wildman–Crippen LogP) is 2.16. The van der Waals surface area contributed by atoms with Crippen LogP contribution in [0.1, 0.15) is 23.5 Å². The van der Waals surface area contributed by atoms with Gasteiger partial charge in [-0.2, -0.15) is 0 Å². The molecular formula is C26H31N3O6. The van der Waals surface area contributed by atoms with Crippen LogP contribution in [0.2, 0.25) is 0 Å². The second kappa shape index (κ2) is 10.5. The number of amides is 2. The zero-order valence-electron chi connectivity index (χ0n) is 20.0. The van der Waals surface area contributed by atoms with Gasteiger partial charge < -0.3 is 29.7 Å². The molecule has 1 heterocycles. The SMILES string of the molecule is CN(C)CCN(CC(=O)O)C(=O)C1(NC(=O)OCC2c3ccccc3-c3ccccc32)CCOC1. The molecule has 2 N–H and O–H groups in total. The monoisotopic (exact) mass is 481 g/mol. The molecule has 1 atom stereocenters. The van der Waals surface area contributed by atoms with Crippen LogP contribution in [-0.4, -0.2) is 92.0 Å². The third kappa shape index (κ3) is 5.31. The number of hydrogen-bond acceptors (Lipinski definition) is 6. The van der Waals surface area contributed by atoms with E-state index < -0.39 is 30.1 Å². The summed E-state index contributed by atoms with van der Waals surface area (Å²) in [6.07, 6.45) is -0.484. The molecule has 2 aromatic rings. The second-order valence-corrected chi connectivity index (χ2v) is 9.26. The average Bonchev–Trinajstić information content (AvgIpc) is 3.43. The van der Waals surface area contributed by atoms with Gasteiger partial charge in [-0.3, -0.25) is 9.59 Å². The van der Waals surface area contributed by atoms with Crippen LogP contribution >= 0.6 is 0 Å². The van der Waals surface area contributed by atoms with Crippen molar-refractivity contribution in [2.24, 2.45) is 0 Å². The Morgan fingerprint density at radius 3 is 2.23 bits per heavy atom. The van der Waals surface area contributed by atoms with Gasteiger partial charge in [-0.1, -0.05) is 48.5 Å². The minimum Gasteiger partial charge on any atom is -0.480 e. The lowest BCUT2D eigenvalue weighted by atomic mass is 9.96. The number of carbonyl (C=O) groups excluding carboxylic acids is 2. The molecule has 0 spiro atoms. The van der Waals surface area contributed by atoms with E-state index in [0.717, 1.165) is 22.3 Å². The topological polar surface area (TPSA) is 108 Å². The molecule has 0 bridgehead atoms. The van der Waals surface area contributed by atoms with Crippen molar-refractivity contribution in [1.29, 1.82) is 0 Å². The van der Waals surface area contributed by atoms with E-state index in [0.29, 0.717) is 6.54 Å². The van der Waals surface area contributed by atoms with Crippen LogP contribution in [0.5, 0.6) is 0 Å². The number of carboxylic acid groups (broad SMARTS) is 1. The van der Waals surface area contributed by atoms with E-state index in [9.17, 15) is 19.5 Å². The highest BCUT2D eigenvalue weighted by molar-refractivity contribution is 5.92. The number of alkyl carbamates (subject to hydrolysis) is 1. The number of likely N-dealkylation sites (N-methyl/N-ethyl adjacent to an activating group) is 1. The van der Waals surface area contributed by atoms with Crippen LogP contribution in [0, 0.1) is 0 Å². The van der Waals surface area contributed by atoms with E-state index in [-0.39, 0.29) is 38.7 Å². The van der Waals surface area contributed by atoms with Gasteiger partial charge in [0.05, 0.1) is 6.61 Å². The van der Waals surface area contributed by atoms with Crippen LogP contribution in [0.25, 0.3) is 11.1 Å². The standard InChI is InChI=1S/C26H31N3O6/c1-28(2)12-13-29(15-23(30)31)24(32)26(11-14-34-17-26)27-25(33)35-16-22-20-9-5-3-7-18(20)19-8-4-6-10-21(19)22/h3-10,22H,11-17H2,1-2H3,(H,27,33)(H,30,31). The van der Waals surface area contributed by atoms with E-state index in [1.807, 2.05) is 55.4 Å². The summed E-state index contributed by atoms with van der Waals surface area (Å²) in [6, 6.07) is 16.1. The summed E-state index contributed by atoms with van der Waals surface area (Å²) in [5, 5.41) is 12.0. The molecule has 1 fully saturated rings. The molecule has 1 unspecified atom stereocenters. The van der Waals surface area contributed by atoms with Crippen molar-refractivity contribution in [3.63, 3.8) is 0 Å². The number of nitrogens with zero attached hydrogens (tertiary/aromatic N) is 2. The summed E-state index contributed by atoms with van der Waals surface area (Å²) in [4.78, 5) is 40.9. The van der Waals surface area contributed by atoms with Crippen molar-refractivity contribution in [3.05, 3.63) is 59.7 Å². The maximum absolute atomic E-state index is 13.4. The fraction of sp³-hybridized carbons (Fsp3) is 0.423. The van der Waals surface area contributed by atoms with E-state index in [1.54, 1.807) is 0 Å². The largest absolute Gasteiger partial charge is 0.480 e. The Balaban J connectivity index is 1.47. The third-order valence-electron chi connectivity index (χ3n) is 6.55. The van der Waals surface area contributed by atoms with Gasteiger partial charge in [0.2, 0.25) is 0 Å². The maximum Gasteiger partial charge on any atom is 0.408 e. The Morgan fingerprint density at radius 2 is 1.69 bits per heavy atom. The minimum atomic E-state index is -1.36. The van der Waals surface area contributed by atoms with Gasteiger partial charge in [0.25, 0.3) is 5.91 Å². The quantitative estimate of drug-likeness (QED) is 0.565. The zero-order chi connectivity index (χ0) is 25.0. The van der Waals surface area contributed by atoms with Crippen LogP contribution < -0.4 is 5.32 Å². The number of benzene rings is 2. The summed E-state index contributed by atoms with van der Waals surface area (Å²) >= 11 is 0. The first-order valence-electron chi connectivity index (χ1n) is 11.7. The predicted molar refractivity (Wildman–Crippen MR) is 129 cm³/mol. The molecule has 1 aliphatic carbocycles. The smallest absolute Gasteiger partial charge is 0.408 e. The number of fused-ring (bicyclic) bond motifs is 3. The van der Waals surface area contributed by atoms with Crippen molar-refractivity contribution in [1.82, 2.24) is 15.1 Å². The Bertz CT molecular complexity index is 1050. The number of rotatable bonds is 9. The maximum atomic E-state index is 13.4. The molecule has 1 saturated heterocycles. The molecule has 9 nitrogen and oxygen atoms in total. The van der Waals surface area contributed by atoms with Crippen LogP contribution in [-0.2, 0) is 19.1 Å². The lowest BCUT2D eigenvalue weighted by molar-refractivity contribution is -0.147. The molecule has 2 aromatic carbocycles. The Labute approximate surface area is 204 Å². The number of hydrogen-bond donors (Lipinski definition) is 2. The molecule has 35 heavy (non-hydrogen) atoms. The van der Waals surface area contributed by atoms with Crippen molar-refractivity contribution in [2.75, 3.05) is 53.6 Å². The van der Waals surface area contributed by atoms with Gasteiger partial charge >= 0.3 is 12.1 Å². The summed E-state index contributed by atoms with van der Waals surface area (Å²) in [6.45, 7) is 0.608. The lowest BCUT2D eigenvalue weighted by Crippen LogP contribution is -2.61. The van der Waals surface area contributed by atoms with Gasteiger partial charge in [0, 0.05) is 32.0 Å². The van der Waals surface area contributed by atoms with Crippen molar-refractivity contribution in [2.45, 2.75) is 17.9 Å². The highest BCUT2D eigenvalue weighted by Crippen LogP contribution is 2.44. The number of aliphatic carboxylic acids is 1. The van der Waals surface area contributed by atoms with Crippen molar-refractivity contribution < 1.29 is 29.0 Å². The number of ether oxygens (including phenoxy) is 2. The normalized spacial score (nSPS) is 18.7. The number of carbonyl (C=O) groups is 3. The number of carboxylic acids is 1. The molecule has 0 aromatic heterocycles. The first-order valence-corrected chi connectivity index (χ1v) is 11.7. The fourth-order valence-corrected chi connectivity index (χ4v) is 4.75. The van der Waals surface area contributed by atoms with E-state index in [2.05, 4.69) is 17.4 Å². The van der Waals surface area contributed by atoms with E-state index >= 15 is 0 Å². The summed E-state index contributed by atoms with van der Waals surface area (Å²) in [5.74, 6) is -1.71. The van der Waals surface area contributed by atoms with E-state index in [1.165, 1.54) is 4.90 Å². The number of nitrogens with one attached hydrogen (secondary N) is 1. The van der Waals surface area contributed by atoms with Gasteiger partial charge in [-0.05, 0) is 36.3 Å². The first kappa shape index (κ1) is 24.7. The molecule has 186 valence electrons. The Morgan fingerprint density at radius 1 is 1.06 bits per heavy atom. The first-order chi connectivity index (χ1) is 16.8. The van der Waals surface area contributed by atoms with Crippen molar-refractivity contribution >= 4 is 18.0 Å². The highest BCUT2D eigenvalue weighted by atomic mass is 16.6. The molecule has 2 aliphatic rings. The summed E-state index contributed by atoms with van der Waals surface area (Å²) in [7, 11) is 3.68. The van der Waals surface area contributed by atoms with Gasteiger partial charge in [0.1, 0.15) is 18.7 Å². The third-order valence-corrected chi connectivity index (χ3v) is 6.55. The average molecular weight is 482 g/mol.